The monoisotopic (exact) mass is 219 g/mol. The summed E-state index contributed by atoms with van der Waals surface area (Å²) in [6.45, 7) is 3.79. The normalized spacial score (nSPS) is 10.4. The maximum absolute atomic E-state index is 11.3. The van der Waals surface area contributed by atoms with Crippen molar-refractivity contribution in [3.05, 3.63) is 41.5 Å². The Labute approximate surface area is 93.6 Å². The highest BCUT2D eigenvalue weighted by molar-refractivity contribution is 6.02. The lowest BCUT2D eigenvalue weighted by Gasteiger charge is -2.06. The zero-order valence-electron chi connectivity index (χ0n) is 9.15. The van der Waals surface area contributed by atoms with Gasteiger partial charge < -0.3 is 10.4 Å². The largest absolute Gasteiger partial charge is 0.478 e. The summed E-state index contributed by atoms with van der Waals surface area (Å²) in [5.74, 6) is -1.59. The molecule has 1 aromatic carbocycles. The van der Waals surface area contributed by atoms with Crippen LogP contribution in [-0.4, -0.2) is 17.0 Å². The minimum absolute atomic E-state index is 0.448. The summed E-state index contributed by atoms with van der Waals surface area (Å²) in [4.78, 5) is 21.5. The van der Waals surface area contributed by atoms with E-state index in [-0.39, 0.29) is 0 Å². The standard InChI is InChI=1S/C12H13NO3/c1-8-3-4-9(2)10(7-8)13-11(14)5-6-12(15)16/h3-7H,1-2H3,(H,13,14)(H,15,16)/b6-5-. The predicted molar refractivity (Wildman–Crippen MR) is 61.3 cm³/mol. The molecule has 0 unspecified atom stereocenters. The van der Waals surface area contributed by atoms with E-state index < -0.39 is 11.9 Å². The average Bonchev–Trinajstić information content (AvgIpc) is 2.20. The van der Waals surface area contributed by atoms with E-state index in [0.717, 1.165) is 23.3 Å². The number of rotatable bonds is 3. The van der Waals surface area contributed by atoms with Crippen LogP contribution in [0.5, 0.6) is 0 Å². The lowest BCUT2D eigenvalue weighted by atomic mass is 10.1. The number of carbonyl (C=O) groups is 2. The SMILES string of the molecule is Cc1ccc(C)c(NC(=O)/C=C\C(=O)O)c1. The Hall–Kier alpha value is -2.10. The summed E-state index contributed by atoms with van der Waals surface area (Å²) in [5, 5.41) is 11.0. The number of aryl methyl sites for hydroxylation is 2. The second kappa shape index (κ2) is 5.11. The van der Waals surface area contributed by atoms with Gasteiger partial charge >= 0.3 is 5.97 Å². The van der Waals surface area contributed by atoms with Crippen LogP contribution in [0.4, 0.5) is 5.69 Å². The first-order chi connectivity index (χ1) is 7.49. The molecule has 0 spiro atoms. The minimum Gasteiger partial charge on any atom is -0.478 e. The molecule has 0 aliphatic heterocycles. The molecule has 4 nitrogen and oxygen atoms in total. The maximum atomic E-state index is 11.3. The summed E-state index contributed by atoms with van der Waals surface area (Å²) < 4.78 is 0. The third kappa shape index (κ3) is 3.57. The second-order valence-corrected chi connectivity index (χ2v) is 3.48. The average molecular weight is 219 g/mol. The van der Waals surface area contributed by atoms with Gasteiger partial charge in [0.15, 0.2) is 0 Å². The molecule has 0 fully saturated rings. The number of aliphatic carboxylic acids is 1. The fourth-order valence-electron chi connectivity index (χ4n) is 1.19. The van der Waals surface area contributed by atoms with Crippen molar-refractivity contribution < 1.29 is 14.7 Å². The summed E-state index contributed by atoms with van der Waals surface area (Å²) in [6, 6.07) is 5.67. The van der Waals surface area contributed by atoms with Crippen LogP contribution >= 0.6 is 0 Å². The topological polar surface area (TPSA) is 66.4 Å². The van der Waals surface area contributed by atoms with E-state index in [9.17, 15) is 9.59 Å². The molecule has 4 heteroatoms. The first-order valence-corrected chi connectivity index (χ1v) is 4.78. The van der Waals surface area contributed by atoms with Gasteiger partial charge in [-0.1, -0.05) is 12.1 Å². The number of benzene rings is 1. The zero-order chi connectivity index (χ0) is 12.1. The van der Waals surface area contributed by atoms with Gasteiger partial charge in [-0.15, -0.1) is 0 Å². The Morgan fingerprint density at radius 1 is 1.25 bits per heavy atom. The second-order valence-electron chi connectivity index (χ2n) is 3.48. The van der Waals surface area contributed by atoms with Gasteiger partial charge in [-0.05, 0) is 31.0 Å². The van der Waals surface area contributed by atoms with Crippen molar-refractivity contribution in [1.82, 2.24) is 0 Å². The van der Waals surface area contributed by atoms with Crippen molar-refractivity contribution in [3.8, 4) is 0 Å². The Bertz CT molecular complexity index is 450. The van der Waals surface area contributed by atoms with Crippen LogP contribution in [0.1, 0.15) is 11.1 Å². The number of hydrogen-bond donors (Lipinski definition) is 2. The van der Waals surface area contributed by atoms with E-state index in [1.54, 1.807) is 0 Å². The number of carboxylic acid groups (broad SMARTS) is 1. The van der Waals surface area contributed by atoms with E-state index in [2.05, 4.69) is 5.32 Å². The van der Waals surface area contributed by atoms with Crippen LogP contribution in [-0.2, 0) is 9.59 Å². The summed E-state index contributed by atoms with van der Waals surface area (Å²) in [7, 11) is 0. The first kappa shape index (κ1) is 12.0. The first-order valence-electron chi connectivity index (χ1n) is 4.78. The van der Waals surface area contributed by atoms with Crippen molar-refractivity contribution in [1.29, 1.82) is 0 Å². The molecule has 84 valence electrons. The molecule has 0 radical (unpaired) electrons. The summed E-state index contributed by atoms with van der Waals surface area (Å²) in [6.07, 6.45) is 1.80. The number of carbonyl (C=O) groups excluding carboxylic acids is 1. The van der Waals surface area contributed by atoms with Crippen LogP contribution in [0.3, 0.4) is 0 Å². The van der Waals surface area contributed by atoms with Gasteiger partial charge in [0.25, 0.3) is 0 Å². The van der Waals surface area contributed by atoms with Gasteiger partial charge in [-0.25, -0.2) is 4.79 Å². The predicted octanol–water partition coefficient (Wildman–Crippen LogP) is 1.88. The van der Waals surface area contributed by atoms with E-state index >= 15 is 0 Å². The molecule has 0 saturated heterocycles. The molecule has 0 aliphatic rings. The molecular weight excluding hydrogens is 206 g/mol. The highest BCUT2D eigenvalue weighted by Crippen LogP contribution is 2.16. The molecule has 1 aromatic rings. The quantitative estimate of drug-likeness (QED) is 0.763. The van der Waals surface area contributed by atoms with Crippen LogP contribution in [0.2, 0.25) is 0 Å². The van der Waals surface area contributed by atoms with E-state index in [1.165, 1.54) is 0 Å². The molecule has 0 heterocycles. The van der Waals surface area contributed by atoms with Crippen LogP contribution in [0, 0.1) is 13.8 Å². The molecule has 0 saturated carbocycles. The van der Waals surface area contributed by atoms with Crippen LogP contribution < -0.4 is 5.32 Å². The van der Waals surface area contributed by atoms with Gasteiger partial charge in [0, 0.05) is 17.8 Å². The Balaban J connectivity index is 2.77. The Kier molecular flexibility index (Phi) is 3.83. The maximum Gasteiger partial charge on any atom is 0.328 e. The van der Waals surface area contributed by atoms with Gasteiger partial charge in [-0.3, -0.25) is 4.79 Å². The van der Waals surface area contributed by atoms with Crippen LogP contribution in [0.25, 0.3) is 0 Å². The third-order valence-electron chi connectivity index (χ3n) is 2.03. The van der Waals surface area contributed by atoms with E-state index in [1.807, 2.05) is 32.0 Å². The molecular formula is C12H13NO3. The number of amides is 1. The van der Waals surface area contributed by atoms with Gasteiger partial charge in [0.05, 0.1) is 0 Å². The molecule has 0 atom stereocenters. The molecule has 1 amide bonds. The molecule has 0 aliphatic carbocycles. The van der Waals surface area contributed by atoms with Crippen molar-refractivity contribution in [2.24, 2.45) is 0 Å². The fraction of sp³-hybridized carbons (Fsp3) is 0.167. The third-order valence-corrected chi connectivity index (χ3v) is 2.03. The van der Waals surface area contributed by atoms with Gasteiger partial charge in [0.2, 0.25) is 5.91 Å². The van der Waals surface area contributed by atoms with Crippen molar-refractivity contribution in [2.45, 2.75) is 13.8 Å². The molecule has 2 N–H and O–H groups in total. The molecule has 1 rings (SSSR count). The molecule has 0 aromatic heterocycles. The number of nitrogens with one attached hydrogen (secondary N) is 1. The number of carboxylic acids is 1. The number of hydrogen-bond acceptors (Lipinski definition) is 2. The van der Waals surface area contributed by atoms with Crippen molar-refractivity contribution >= 4 is 17.6 Å². The number of anilines is 1. The highest BCUT2D eigenvalue weighted by Gasteiger charge is 2.02. The fourth-order valence-corrected chi connectivity index (χ4v) is 1.19. The zero-order valence-corrected chi connectivity index (χ0v) is 9.15. The smallest absolute Gasteiger partial charge is 0.328 e. The Morgan fingerprint density at radius 2 is 1.94 bits per heavy atom. The lowest BCUT2D eigenvalue weighted by Crippen LogP contribution is -2.09. The van der Waals surface area contributed by atoms with Crippen LogP contribution in [0.15, 0.2) is 30.4 Å². The van der Waals surface area contributed by atoms with Crippen molar-refractivity contribution in [2.75, 3.05) is 5.32 Å². The van der Waals surface area contributed by atoms with Gasteiger partial charge in [0.1, 0.15) is 0 Å². The minimum atomic E-state index is -1.14. The molecule has 0 bridgehead atoms. The highest BCUT2D eigenvalue weighted by atomic mass is 16.4. The lowest BCUT2D eigenvalue weighted by molar-refractivity contribution is -0.131. The van der Waals surface area contributed by atoms with E-state index in [0.29, 0.717) is 5.69 Å². The van der Waals surface area contributed by atoms with E-state index in [4.69, 9.17) is 5.11 Å². The summed E-state index contributed by atoms with van der Waals surface area (Å²) in [5.41, 5.74) is 2.66. The Morgan fingerprint density at radius 3 is 2.56 bits per heavy atom. The van der Waals surface area contributed by atoms with Crippen molar-refractivity contribution in [3.63, 3.8) is 0 Å². The van der Waals surface area contributed by atoms with Gasteiger partial charge in [-0.2, -0.15) is 0 Å². The molecule has 16 heavy (non-hydrogen) atoms. The summed E-state index contributed by atoms with van der Waals surface area (Å²) >= 11 is 0.